The molecule has 0 radical (unpaired) electrons. The van der Waals surface area contributed by atoms with Crippen LogP contribution in [0.25, 0.3) is 5.82 Å². The number of aromatic nitrogens is 4. The molecule has 0 spiro atoms. The average molecular weight is 483 g/mol. The van der Waals surface area contributed by atoms with Crippen LogP contribution in [0.1, 0.15) is 23.4 Å². The number of anilines is 2. The van der Waals surface area contributed by atoms with Crippen LogP contribution in [0.4, 0.5) is 11.4 Å². The summed E-state index contributed by atoms with van der Waals surface area (Å²) in [7, 11) is 0. The molecule has 182 valence electrons. The van der Waals surface area contributed by atoms with E-state index in [0.29, 0.717) is 29.7 Å². The van der Waals surface area contributed by atoms with Crippen LogP contribution in [0.15, 0.2) is 66.7 Å². The Balaban J connectivity index is 1.18. The molecule has 3 heterocycles. The summed E-state index contributed by atoms with van der Waals surface area (Å²) >= 11 is 0. The number of rotatable bonds is 6. The third kappa shape index (κ3) is 4.95. The van der Waals surface area contributed by atoms with E-state index < -0.39 is 5.92 Å². The lowest BCUT2D eigenvalue weighted by Crippen LogP contribution is -2.28. The minimum Gasteiger partial charge on any atom is -0.438 e. The lowest BCUT2D eigenvalue weighted by atomic mass is 10.1. The molecule has 36 heavy (non-hydrogen) atoms. The van der Waals surface area contributed by atoms with E-state index in [9.17, 15) is 9.59 Å². The van der Waals surface area contributed by atoms with Crippen LogP contribution >= 0.6 is 0 Å². The van der Waals surface area contributed by atoms with Crippen LogP contribution < -0.4 is 15.0 Å². The maximum Gasteiger partial charge on any atom is 0.238 e. The number of nitrogens with zero attached hydrogens (tertiary/aromatic N) is 5. The summed E-state index contributed by atoms with van der Waals surface area (Å²) in [6.45, 7) is 6.24. The predicted molar refractivity (Wildman–Crippen MR) is 135 cm³/mol. The van der Waals surface area contributed by atoms with Crippen LogP contribution in [0.2, 0.25) is 0 Å². The van der Waals surface area contributed by atoms with Crippen LogP contribution in [0, 0.1) is 26.7 Å². The van der Waals surface area contributed by atoms with Gasteiger partial charge < -0.3 is 15.0 Å². The number of ether oxygens (including phenoxy) is 1. The van der Waals surface area contributed by atoms with Crippen LogP contribution in [-0.2, 0) is 9.59 Å². The van der Waals surface area contributed by atoms with Crippen molar-refractivity contribution in [3.8, 4) is 17.4 Å². The molecule has 1 N–H and O–H groups in total. The van der Waals surface area contributed by atoms with Gasteiger partial charge in [-0.1, -0.05) is 17.7 Å². The predicted octanol–water partition coefficient (Wildman–Crippen LogP) is 4.37. The Labute approximate surface area is 208 Å². The van der Waals surface area contributed by atoms with Crippen molar-refractivity contribution in [2.45, 2.75) is 27.2 Å². The van der Waals surface area contributed by atoms with Crippen molar-refractivity contribution in [3.63, 3.8) is 0 Å². The zero-order chi connectivity index (χ0) is 25.2. The summed E-state index contributed by atoms with van der Waals surface area (Å²) in [6, 6.07) is 20.2. The summed E-state index contributed by atoms with van der Waals surface area (Å²) in [6.07, 6.45) is 0.188. The smallest absolute Gasteiger partial charge is 0.238 e. The number of benzene rings is 2. The molecular formula is C27H26N6O3. The van der Waals surface area contributed by atoms with E-state index in [4.69, 9.17) is 4.74 Å². The Morgan fingerprint density at radius 2 is 1.72 bits per heavy atom. The van der Waals surface area contributed by atoms with Crippen molar-refractivity contribution < 1.29 is 14.3 Å². The van der Waals surface area contributed by atoms with Gasteiger partial charge in [0.25, 0.3) is 0 Å². The molecule has 0 saturated carbocycles. The Kier molecular flexibility index (Phi) is 6.20. The van der Waals surface area contributed by atoms with Crippen molar-refractivity contribution in [2.75, 3.05) is 16.8 Å². The standard InChI is InChI=1S/C27H26N6O3/c1-17-4-8-22(9-5-17)32-16-20(15-26(32)34)27(35)28-21-6-10-23(11-7-21)36-25-13-12-24(29-30-25)33-19(3)14-18(2)31-33/h4-14,20H,15-16H2,1-3H3,(H,28,35). The zero-order valence-electron chi connectivity index (χ0n) is 20.3. The zero-order valence-corrected chi connectivity index (χ0v) is 20.3. The van der Waals surface area contributed by atoms with E-state index in [1.165, 1.54) is 0 Å². The van der Waals surface area contributed by atoms with Crippen LogP contribution in [-0.4, -0.2) is 38.3 Å². The molecule has 4 aromatic rings. The lowest BCUT2D eigenvalue weighted by Gasteiger charge is -2.17. The van der Waals surface area contributed by atoms with Crippen LogP contribution in [0.5, 0.6) is 11.6 Å². The van der Waals surface area contributed by atoms with E-state index in [1.54, 1.807) is 46.0 Å². The van der Waals surface area contributed by atoms with Gasteiger partial charge in [0.2, 0.25) is 17.7 Å². The van der Waals surface area contributed by atoms with Gasteiger partial charge in [-0.3, -0.25) is 9.59 Å². The molecule has 1 unspecified atom stereocenters. The molecule has 1 aliphatic heterocycles. The van der Waals surface area contributed by atoms with E-state index in [-0.39, 0.29) is 18.2 Å². The molecule has 2 amide bonds. The number of carbonyl (C=O) groups is 2. The first-order valence-corrected chi connectivity index (χ1v) is 11.7. The second-order valence-electron chi connectivity index (χ2n) is 8.93. The van der Waals surface area contributed by atoms with Crippen molar-refractivity contribution in [3.05, 3.63) is 83.7 Å². The monoisotopic (exact) mass is 482 g/mol. The minimum absolute atomic E-state index is 0.0484. The van der Waals surface area contributed by atoms with E-state index in [0.717, 1.165) is 22.6 Å². The molecular weight excluding hydrogens is 456 g/mol. The Bertz CT molecular complexity index is 1400. The third-order valence-electron chi connectivity index (χ3n) is 6.04. The third-order valence-corrected chi connectivity index (χ3v) is 6.04. The van der Waals surface area contributed by atoms with E-state index in [1.807, 2.05) is 51.1 Å². The first kappa shape index (κ1) is 23.2. The fourth-order valence-corrected chi connectivity index (χ4v) is 4.17. The molecule has 9 heteroatoms. The number of aryl methyl sites for hydroxylation is 3. The molecule has 1 atom stereocenters. The van der Waals surface area contributed by atoms with E-state index >= 15 is 0 Å². The minimum atomic E-state index is -0.411. The van der Waals surface area contributed by atoms with Gasteiger partial charge in [0.15, 0.2) is 5.82 Å². The van der Waals surface area contributed by atoms with Gasteiger partial charge >= 0.3 is 0 Å². The SMILES string of the molecule is Cc1ccc(N2CC(C(=O)Nc3ccc(Oc4ccc(-n5nc(C)cc5C)nn4)cc3)CC2=O)cc1. The van der Waals surface area contributed by atoms with Crippen molar-refractivity contribution in [1.29, 1.82) is 0 Å². The van der Waals surface area contributed by atoms with Gasteiger partial charge in [-0.25, -0.2) is 4.68 Å². The van der Waals surface area contributed by atoms with Crippen molar-refractivity contribution >= 4 is 23.2 Å². The first-order valence-electron chi connectivity index (χ1n) is 11.7. The Hall–Kier alpha value is -4.53. The highest BCUT2D eigenvalue weighted by Crippen LogP contribution is 2.27. The fourth-order valence-electron chi connectivity index (χ4n) is 4.17. The lowest BCUT2D eigenvalue weighted by molar-refractivity contribution is -0.122. The summed E-state index contributed by atoms with van der Waals surface area (Å²) in [5.74, 6) is 0.869. The second-order valence-corrected chi connectivity index (χ2v) is 8.93. The van der Waals surface area contributed by atoms with Crippen molar-refractivity contribution in [1.82, 2.24) is 20.0 Å². The largest absolute Gasteiger partial charge is 0.438 e. The quantitative estimate of drug-likeness (QED) is 0.438. The Morgan fingerprint density at radius 1 is 0.972 bits per heavy atom. The second kappa shape index (κ2) is 9.61. The number of hydrogen-bond donors (Lipinski definition) is 1. The van der Waals surface area contributed by atoms with E-state index in [2.05, 4.69) is 20.6 Å². The number of hydrogen-bond acceptors (Lipinski definition) is 6. The molecule has 1 saturated heterocycles. The molecule has 2 aromatic carbocycles. The highest BCUT2D eigenvalue weighted by atomic mass is 16.5. The van der Waals surface area contributed by atoms with Gasteiger partial charge in [0.05, 0.1) is 11.6 Å². The molecule has 1 aliphatic rings. The average Bonchev–Trinajstić information content (AvgIpc) is 3.42. The highest BCUT2D eigenvalue weighted by Gasteiger charge is 2.35. The fraction of sp³-hybridized carbons (Fsp3) is 0.222. The van der Waals surface area contributed by atoms with Gasteiger partial charge in [0, 0.05) is 36.1 Å². The molecule has 2 aromatic heterocycles. The van der Waals surface area contributed by atoms with Crippen LogP contribution in [0.3, 0.4) is 0 Å². The van der Waals surface area contributed by atoms with Gasteiger partial charge in [-0.15, -0.1) is 10.2 Å². The van der Waals surface area contributed by atoms with Gasteiger partial charge in [0.1, 0.15) is 5.75 Å². The summed E-state index contributed by atoms with van der Waals surface area (Å²) < 4.78 is 7.51. The molecule has 5 rings (SSSR count). The molecule has 0 aliphatic carbocycles. The van der Waals surface area contributed by atoms with Gasteiger partial charge in [-0.05, 0) is 69.3 Å². The maximum atomic E-state index is 12.8. The maximum absolute atomic E-state index is 12.8. The highest BCUT2D eigenvalue weighted by molar-refractivity contribution is 6.03. The molecule has 1 fully saturated rings. The number of amides is 2. The normalized spacial score (nSPS) is 15.2. The van der Waals surface area contributed by atoms with Crippen molar-refractivity contribution in [2.24, 2.45) is 5.92 Å². The molecule has 0 bridgehead atoms. The first-order chi connectivity index (χ1) is 17.4. The van der Waals surface area contributed by atoms with Gasteiger partial charge in [-0.2, -0.15) is 5.10 Å². The summed E-state index contributed by atoms with van der Waals surface area (Å²) in [5, 5.41) is 15.6. The summed E-state index contributed by atoms with van der Waals surface area (Å²) in [4.78, 5) is 26.9. The topological polar surface area (TPSA) is 102 Å². The summed E-state index contributed by atoms with van der Waals surface area (Å²) in [5.41, 5.74) is 4.44. The number of carbonyl (C=O) groups excluding carboxylic acids is 2. The molecule has 9 nitrogen and oxygen atoms in total. The number of nitrogens with one attached hydrogen (secondary N) is 1. The Morgan fingerprint density at radius 3 is 2.36 bits per heavy atom.